The van der Waals surface area contributed by atoms with Crippen LogP contribution in [0.3, 0.4) is 0 Å². The van der Waals surface area contributed by atoms with Gasteiger partial charge >= 0.3 is 0 Å². The van der Waals surface area contributed by atoms with Gasteiger partial charge in [0.1, 0.15) is 0 Å². The Morgan fingerprint density at radius 2 is 1.95 bits per heavy atom. The molecule has 120 valence electrons. The van der Waals surface area contributed by atoms with E-state index in [1.54, 1.807) is 0 Å². The maximum absolute atomic E-state index is 12.1. The maximum atomic E-state index is 12.1. The Kier molecular flexibility index (Phi) is 9.38. The second-order valence-corrected chi connectivity index (χ2v) is 6.77. The van der Waals surface area contributed by atoms with E-state index in [1.165, 1.54) is 11.8 Å². The minimum atomic E-state index is -0.315. The average Bonchev–Trinajstić information content (AvgIpc) is 2.46. The predicted octanol–water partition coefficient (Wildman–Crippen LogP) is 3.88. The molecule has 0 radical (unpaired) electrons. The first-order valence-corrected chi connectivity index (χ1v) is 8.15. The van der Waals surface area contributed by atoms with Crippen molar-refractivity contribution in [3.63, 3.8) is 0 Å². The summed E-state index contributed by atoms with van der Waals surface area (Å²) in [6.07, 6.45) is 1.69. The number of nitrogens with one attached hydrogen (secondary N) is 1. The Labute approximate surface area is 142 Å². The zero-order valence-electron chi connectivity index (χ0n) is 12.7. The standard InChI is InChI=1S/C15H23ClN2OS.ClH/c1-4-15(17,5-2)10-18-14(19)11(3)20-13-9-7-6-8-12(13)16;/h6-9,11H,4-5,10,17H2,1-3H3,(H,18,19);1H. The van der Waals surface area contributed by atoms with Gasteiger partial charge in [0.25, 0.3) is 0 Å². The quantitative estimate of drug-likeness (QED) is 0.733. The normalized spacial score (nSPS) is 12.4. The third-order valence-electron chi connectivity index (χ3n) is 3.53. The monoisotopic (exact) mass is 350 g/mol. The molecule has 3 nitrogen and oxygen atoms in total. The fraction of sp³-hybridized carbons (Fsp3) is 0.533. The Balaban J connectivity index is 0.00000400. The highest BCUT2D eigenvalue weighted by molar-refractivity contribution is 8.00. The van der Waals surface area contributed by atoms with Crippen LogP contribution in [0.15, 0.2) is 29.2 Å². The van der Waals surface area contributed by atoms with Gasteiger partial charge in [0.05, 0.1) is 10.3 Å². The highest BCUT2D eigenvalue weighted by Crippen LogP contribution is 2.30. The Hall–Kier alpha value is -0.420. The van der Waals surface area contributed by atoms with Gasteiger partial charge in [-0.2, -0.15) is 0 Å². The van der Waals surface area contributed by atoms with Crippen LogP contribution < -0.4 is 11.1 Å². The van der Waals surface area contributed by atoms with Crippen molar-refractivity contribution in [1.82, 2.24) is 5.32 Å². The zero-order valence-corrected chi connectivity index (χ0v) is 15.1. The summed E-state index contributed by atoms with van der Waals surface area (Å²) in [5.74, 6) is -0.00774. The van der Waals surface area contributed by atoms with Crippen LogP contribution in [-0.2, 0) is 4.79 Å². The number of carbonyl (C=O) groups is 1. The van der Waals surface area contributed by atoms with Crippen LogP contribution in [0.5, 0.6) is 0 Å². The molecule has 1 unspecified atom stereocenters. The molecule has 0 aliphatic carbocycles. The molecule has 1 atom stereocenters. The molecular weight excluding hydrogens is 327 g/mol. The second kappa shape index (κ2) is 9.57. The van der Waals surface area contributed by atoms with Crippen molar-refractivity contribution < 1.29 is 4.79 Å². The molecule has 6 heteroatoms. The molecule has 0 heterocycles. The number of carbonyl (C=O) groups excluding carboxylic acids is 1. The lowest BCUT2D eigenvalue weighted by Crippen LogP contribution is -2.50. The van der Waals surface area contributed by atoms with E-state index in [-0.39, 0.29) is 29.1 Å². The first-order chi connectivity index (χ1) is 9.41. The van der Waals surface area contributed by atoms with Gasteiger partial charge in [0.15, 0.2) is 0 Å². The molecular formula is C15H24Cl2N2OS. The van der Waals surface area contributed by atoms with E-state index >= 15 is 0 Å². The summed E-state index contributed by atoms with van der Waals surface area (Å²) in [5, 5.41) is 3.41. The number of amides is 1. The minimum Gasteiger partial charge on any atom is -0.353 e. The summed E-state index contributed by atoms with van der Waals surface area (Å²) in [4.78, 5) is 13.0. The lowest BCUT2D eigenvalue weighted by molar-refractivity contribution is -0.120. The fourth-order valence-electron chi connectivity index (χ4n) is 1.69. The second-order valence-electron chi connectivity index (χ2n) is 4.98. The molecule has 0 fully saturated rings. The smallest absolute Gasteiger partial charge is 0.233 e. The molecule has 0 aliphatic heterocycles. The largest absolute Gasteiger partial charge is 0.353 e. The van der Waals surface area contributed by atoms with E-state index in [0.717, 1.165) is 17.7 Å². The summed E-state index contributed by atoms with van der Waals surface area (Å²) in [6.45, 7) is 6.46. The molecule has 1 aromatic rings. The summed E-state index contributed by atoms with van der Waals surface area (Å²) in [7, 11) is 0. The van der Waals surface area contributed by atoms with Gasteiger partial charge in [-0.3, -0.25) is 4.79 Å². The summed E-state index contributed by atoms with van der Waals surface area (Å²) in [6, 6.07) is 7.54. The van der Waals surface area contributed by atoms with Gasteiger partial charge in [-0.1, -0.05) is 37.6 Å². The predicted molar refractivity (Wildman–Crippen MR) is 94.5 cm³/mol. The third-order valence-corrected chi connectivity index (χ3v) is 5.15. The molecule has 1 amide bonds. The van der Waals surface area contributed by atoms with E-state index in [4.69, 9.17) is 17.3 Å². The van der Waals surface area contributed by atoms with Gasteiger partial charge in [-0.15, -0.1) is 24.2 Å². The Morgan fingerprint density at radius 3 is 2.48 bits per heavy atom. The first kappa shape index (κ1) is 20.6. The number of thioether (sulfide) groups is 1. The van der Waals surface area contributed by atoms with Gasteiger partial charge in [-0.05, 0) is 31.9 Å². The first-order valence-electron chi connectivity index (χ1n) is 6.89. The lowest BCUT2D eigenvalue weighted by Gasteiger charge is -2.27. The van der Waals surface area contributed by atoms with Crippen LogP contribution in [0.2, 0.25) is 5.02 Å². The summed E-state index contributed by atoms with van der Waals surface area (Å²) < 4.78 is 0. The average molecular weight is 351 g/mol. The molecule has 21 heavy (non-hydrogen) atoms. The number of rotatable bonds is 7. The van der Waals surface area contributed by atoms with E-state index in [9.17, 15) is 4.79 Å². The molecule has 1 aromatic carbocycles. The number of hydrogen-bond acceptors (Lipinski definition) is 3. The van der Waals surface area contributed by atoms with Crippen molar-refractivity contribution in [2.24, 2.45) is 5.73 Å². The number of benzene rings is 1. The minimum absolute atomic E-state index is 0. The van der Waals surface area contributed by atoms with Gasteiger partial charge in [0.2, 0.25) is 5.91 Å². The van der Waals surface area contributed by atoms with Crippen LogP contribution in [-0.4, -0.2) is 23.2 Å². The molecule has 1 rings (SSSR count). The van der Waals surface area contributed by atoms with Crippen LogP contribution in [0, 0.1) is 0 Å². The summed E-state index contributed by atoms with van der Waals surface area (Å²) in [5.41, 5.74) is 5.86. The van der Waals surface area contributed by atoms with Crippen molar-refractivity contribution in [3.05, 3.63) is 29.3 Å². The number of nitrogens with two attached hydrogens (primary N) is 1. The van der Waals surface area contributed by atoms with Crippen LogP contribution >= 0.6 is 35.8 Å². The van der Waals surface area contributed by atoms with Gasteiger partial charge in [0, 0.05) is 17.0 Å². The third kappa shape index (κ3) is 6.47. The van der Waals surface area contributed by atoms with Crippen LogP contribution in [0.1, 0.15) is 33.6 Å². The SMILES string of the molecule is CCC(N)(CC)CNC(=O)C(C)Sc1ccccc1Cl.Cl. The molecule has 0 saturated heterocycles. The highest BCUT2D eigenvalue weighted by atomic mass is 35.5. The van der Waals surface area contributed by atoms with E-state index in [2.05, 4.69) is 5.32 Å². The van der Waals surface area contributed by atoms with Crippen molar-refractivity contribution in [3.8, 4) is 0 Å². The Morgan fingerprint density at radius 1 is 1.38 bits per heavy atom. The van der Waals surface area contributed by atoms with Gasteiger partial charge < -0.3 is 11.1 Å². The molecule has 0 bridgehead atoms. The van der Waals surface area contributed by atoms with Gasteiger partial charge in [-0.25, -0.2) is 0 Å². The van der Waals surface area contributed by atoms with Crippen LogP contribution in [0.4, 0.5) is 0 Å². The van der Waals surface area contributed by atoms with E-state index in [1.807, 2.05) is 45.0 Å². The zero-order chi connectivity index (χ0) is 15.2. The molecule has 3 N–H and O–H groups in total. The summed E-state index contributed by atoms with van der Waals surface area (Å²) >= 11 is 7.55. The molecule has 0 aliphatic rings. The highest BCUT2D eigenvalue weighted by Gasteiger charge is 2.23. The van der Waals surface area contributed by atoms with Crippen molar-refractivity contribution in [2.45, 2.75) is 49.3 Å². The number of halogens is 2. The van der Waals surface area contributed by atoms with Crippen molar-refractivity contribution in [2.75, 3.05) is 6.54 Å². The van der Waals surface area contributed by atoms with E-state index in [0.29, 0.717) is 11.6 Å². The topological polar surface area (TPSA) is 55.1 Å². The number of hydrogen-bond donors (Lipinski definition) is 2. The van der Waals surface area contributed by atoms with Crippen molar-refractivity contribution in [1.29, 1.82) is 0 Å². The fourth-order valence-corrected chi connectivity index (χ4v) is 2.87. The van der Waals surface area contributed by atoms with E-state index < -0.39 is 0 Å². The Bertz CT molecular complexity index is 453. The lowest BCUT2D eigenvalue weighted by atomic mass is 9.94. The molecule has 0 aromatic heterocycles. The molecule has 0 spiro atoms. The molecule has 0 saturated carbocycles. The van der Waals surface area contributed by atoms with Crippen molar-refractivity contribution >= 4 is 41.7 Å². The van der Waals surface area contributed by atoms with Crippen LogP contribution in [0.25, 0.3) is 0 Å². The maximum Gasteiger partial charge on any atom is 0.233 e.